The summed E-state index contributed by atoms with van der Waals surface area (Å²) in [5.41, 5.74) is 1.98. The summed E-state index contributed by atoms with van der Waals surface area (Å²) < 4.78 is 0. The minimum atomic E-state index is 0.189. The fourth-order valence-corrected chi connectivity index (χ4v) is 1.98. The molecule has 3 rings (SSSR count). The first-order chi connectivity index (χ1) is 11.3. The standard InChI is InChI=1S/C17H13N5O/c18-10-15-16(19-11-12-6-8-14(23)9-7-12)21-22-17(15)20-13-4-2-1-3-5-13/h1-9,11,23H,(H2,20,21,22). The van der Waals surface area contributed by atoms with Gasteiger partial charge in [0, 0.05) is 11.9 Å². The topological polar surface area (TPSA) is 97.1 Å². The van der Waals surface area contributed by atoms with Crippen LogP contribution in [0.1, 0.15) is 11.1 Å². The number of rotatable bonds is 4. The Bertz CT molecular complexity index is 860. The average Bonchev–Trinajstić information content (AvgIpc) is 2.97. The summed E-state index contributed by atoms with van der Waals surface area (Å²) in [5.74, 6) is 0.990. The number of phenols is 1. The van der Waals surface area contributed by atoms with Crippen LogP contribution in [0.15, 0.2) is 59.6 Å². The predicted octanol–water partition coefficient (Wildman–Crippen LogP) is 3.48. The summed E-state index contributed by atoms with van der Waals surface area (Å²) in [5, 5.41) is 28.5. The van der Waals surface area contributed by atoms with Crippen LogP contribution in [0.5, 0.6) is 5.75 Å². The number of aromatic hydroxyl groups is 1. The van der Waals surface area contributed by atoms with Crippen molar-refractivity contribution in [2.75, 3.05) is 5.32 Å². The Morgan fingerprint density at radius 1 is 1.13 bits per heavy atom. The van der Waals surface area contributed by atoms with E-state index in [9.17, 15) is 10.4 Å². The molecule has 0 spiro atoms. The van der Waals surface area contributed by atoms with Gasteiger partial charge in [0.05, 0.1) is 0 Å². The monoisotopic (exact) mass is 303 g/mol. The zero-order valence-corrected chi connectivity index (χ0v) is 12.1. The fraction of sp³-hybridized carbons (Fsp3) is 0. The van der Waals surface area contributed by atoms with E-state index in [1.807, 2.05) is 30.3 Å². The lowest BCUT2D eigenvalue weighted by Crippen LogP contribution is -1.92. The average molecular weight is 303 g/mol. The molecule has 23 heavy (non-hydrogen) atoms. The van der Waals surface area contributed by atoms with Crippen molar-refractivity contribution in [3.8, 4) is 11.8 Å². The molecule has 0 saturated carbocycles. The zero-order valence-electron chi connectivity index (χ0n) is 12.1. The maximum absolute atomic E-state index is 9.34. The third-order valence-electron chi connectivity index (χ3n) is 3.13. The van der Waals surface area contributed by atoms with Crippen LogP contribution in [0, 0.1) is 11.3 Å². The smallest absolute Gasteiger partial charge is 0.193 e. The van der Waals surface area contributed by atoms with Gasteiger partial charge < -0.3 is 10.4 Å². The van der Waals surface area contributed by atoms with Gasteiger partial charge >= 0.3 is 0 Å². The van der Waals surface area contributed by atoms with Crippen LogP contribution in [-0.4, -0.2) is 21.5 Å². The van der Waals surface area contributed by atoms with E-state index in [1.165, 1.54) is 0 Å². The van der Waals surface area contributed by atoms with Crippen LogP contribution in [0.3, 0.4) is 0 Å². The first-order valence-electron chi connectivity index (χ1n) is 6.90. The highest BCUT2D eigenvalue weighted by Crippen LogP contribution is 2.25. The van der Waals surface area contributed by atoms with Crippen LogP contribution in [-0.2, 0) is 0 Å². The van der Waals surface area contributed by atoms with E-state index in [1.54, 1.807) is 30.5 Å². The summed E-state index contributed by atoms with van der Waals surface area (Å²) >= 11 is 0. The highest BCUT2D eigenvalue weighted by molar-refractivity contribution is 5.83. The van der Waals surface area contributed by atoms with Gasteiger partial charge in [-0.05, 0) is 42.0 Å². The van der Waals surface area contributed by atoms with E-state index in [-0.39, 0.29) is 5.75 Å². The third kappa shape index (κ3) is 3.36. The number of anilines is 2. The van der Waals surface area contributed by atoms with Crippen molar-refractivity contribution in [2.45, 2.75) is 0 Å². The van der Waals surface area contributed by atoms with Gasteiger partial charge in [0.25, 0.3) is 0 Å². The second-order valence-electron chi connectivity index (χ2n) is 4.75. The van der Waals surface area contributed by atoms with Crippen molar-refractivity contribution < 1.29 is 5.11 Å². The molecule has 0 unspecified atom stereocenters. The van der Waals surface area contributed by atoms with E-state index in [0.29, 0.717) is 17.2 Å². The molecule has 0 amide bonds. The molecule has 1 heterocycles. The van der Waals surface area contributed by atoms with Gasteiger partial charge in [0.1, 0.15) is 23.2 Å². The number of phenolic OH excluding ortho intramolecular Hbond substituents is 1. The molecule has 0 aliphatic heterocycles. The van der Waals surface area contributed by atoms with Crippen molar-refractivity contribution in [1.29, 1.82) is 5.26 Å². The zero-order chi connectivity index (χ0) is 16.1. The fourth-order valence-electron chi connectivity index (χ4n) is 1.98. The summed E-state index contributed by atoms with van der Waals surface area (Å²) in [6.07, 6.45) is 1.59. The SMILES string of the molecule is N#Cc1c(N=Cc2ccc(O)cc2)n[nH]c1Nc1ccccc1. The number of H-pyrrole nitrogens is 1. The second kappa shape index (κ2) is 6.45. The molecule has 6 nitrogen and oxygen atoms in total. The molecule has 0 atom stereocenters. The molecular weight excluding hydrogens is 290 g/mol. The van der Waals surface area contributed by atoms with Crippen LogP contribution in [0.2, 0.25) is 0 Å². The number of nitrogens with one attached hydrogen (secondary N) is 2. The predicted molar refractivity (Wildman–Crippen MR) is 88.4 cm³/mol. The first kappa shape index (κ1) is 14.4. The number of para-hydroxylation sites is 1. The summed E-state index contributed by atoms with van der Waals surface area (Å²) in [4.78, 5) is 4.23. The molecule has 0 aliphatic rings. The number of aliphatic imine (C=N–C) groups is 1. The van der Waals surface area contributed by atoms with E-state index in [0.717, 1.165) is 11.3 Å². The molecule has 2 aromatic carbocycles. The molecule has 1 aromatic heterocycles. The van der Waals surface area contributed by atoms with Crippen LogP contribution in [0.4, 0.5) is 17.3 Å². The maximum Gasteiger partial charge on any atom is 0.193 e. The van der Waals surface area contributed by atoms with Gasteiger partial charge in [0.15, 0.2) is 5.82 Å². The van der Waals surface area contributed by atoms with E-state index < -0.39 is 0 Å². The first-order valence-corrected chi connectivity index (χ1v) is 6.90. The van der Waals surface area contributed by atoms with Crippen LogP contribution in [0.25, 0.3) is 0 Å². The van der Waals surface area contributed by atoms with Gasteiger partial charge in [-0.3, -0.25) is 5.10 Å². The molecular formula is C17H13N5O. The number of benzene rings is 2. The van der Waals surface area contributed by atoms with Crippen LogP contribution < -0.4 is 5.32 Å². The molecule has 0 saturated heterocycles. The van der Waals surface area contributed by atoms with Crippen molar-refractivity contribution in [3.05, 3.63) is 65.7 Å². The number of hydrogen-bond acceptors (Lipinski definition) is 5. The van der Waals surface area contributed by atoms with Crippen molar-refractivity contribution in [1.82, 2.24) is 10.2 Å². The Morgan fingerprint density at radius 2 is 1.87 bits per heavy atom. The summed E-state index contributed by atoms with van der Waals surface area (Å²) in [7, 11) is 0. The van der Waals surface area contributed by atoms with Crippen molar-refractivity contribution in [2.24, 2.45) is 4.99 Å². The van der Waals surface area contributed by atoms with Gasteiger partial charge in [-0.2, -0.15) is 10.4 Å². The lowest BCUT2D eigenvalue weighted by atomic mass is 10.2. The molecule has 0 radical (unpaired) electrons. The maximum atomic E-state index is 9.34. The van der Waals surface area contributed by atoms with E-state index >= 15 is 0 Å². The summed E-state index contributed by atoms with van der Waals surface area (Å²) in [6, 6.07) is 18.2. The minimum Gasteiger partial charge on any atom is -0.508 e. The van der Waals surface area contributed by atoms with Gasteiger partial charge in [-0.25, -0.2) is 4.99 Å². The van der Waals surface area contributed by atoms with E-state index in [4.69, 9.17) is 0 Å². The van der Waals surface area contributed by atoms with Crippen molar-refractivity contribution in [3.63, 3.8) is 0 Å². The highest BCUT2D eigenvalue weighted by Gasteiger charge is 2.12. The minimum absolute atomic E-state index is 0.189. The van der Waals surface area contributed by atoms with Gasteiger partial charge in [0.2, 0.25) is 0 Å². The number of nitrogens with zero attached hydrogens (tertiary/aromatic N) is 3. The van der Waals surface area contributed by atoms with Crippen LogP contribution >= 0.6 is 0 Å². The van der Waals surface area contributed by atoms with E-state index in [2.05, 4.69) is 26.6 Å². The Labute approximate surface area is 132 Å². The third-order valence-corrected chi connectivity index (χ3v) is 3.13. The Hall–Kier alpha value is -3.59. The molecule has 3 N–H and O–H groups in total. The molecule has 0 bridgehead atoms. The number of hydrogen-bond donors (Lipinski definition) is 3. The number of aromatic amines is 1. The molecule has 112 valence electrons. The number of aromatic nitrogens is 2. The quantitative estimate of drug-likeness (QED) is 0.643. The van der Waals surface area contributed by atoms with Gasteiger partial charge in [-0.15, -0.1) is 0 Å². The molecule has 6 heteroatoms. The highest BCUT2D eigenvalue weighted by atomic mass is 16.3. The lowest BCUT2D eigenvalue weighted by Gasteiger charge is -2.02. The Morgan fingerprint density at radius 3 is 2.57 bits per heavy atom. The largest absolute Gasteiger partial charge is 0.508 e. The lowest BCUT2D eigenvalue weighted by molar-refractivity contribution is 0.475. The number of nitriles is 1. The normalized spacial score (nSPS) is 10.6. The summed E-state index contributed by atoms with van der Waals surface area (Å²) in [6.45, 7) is 0. The second-order valence-corrected chi connectivity index (χ2v) is 4.75. The molecule has 3 aromatic rings. The molecule has 0 fully saturated rings. The molecule has 0 aliphatic carbocycles. The Kier molecular flexibility index (Phi) is 4.03. The Balaban J connectivity index is 1.84. The van der Waals surface area contributed by atoms with Gasteiger partial charge in [-0.1, -0.05) is 18.2 Å². The van der Waals surface area contributed by atoms with Crippen molar-refractivity contribution >= 4 is 23.5 Å².